The maximum Gasteiger partial charge on any atom is 0.508 e. The van der Waals surface area contributed by atoms with Gasteiger partial charge in [-0.05, 0) is 97.4 Å². The molecule has 2 saturated carbocycles. The molecule has 9 nitrogen and oxygen atoms in total. The van der Waals surface area contributed by atoms with Crippen molar-refractivity contribution in [1.82, 2.24) is 0 Å². The average Bonchev–Trinajstić information content (AvgIpc) is 3.56. The van der Waals surface area contributed by atoms with Crippen molar-refractivity contribution < 1.29 is 42.8 Å². The van der Waals surface area contributed by atoms with Crippen LogP contribution in [0.25, 0.3) is 10.8 Å². The minimum atomic E-state index is -0.669. The summed E-state index contributed by atoms with van der Waals surface area (Å²) < 4.78 is 36.8. The zero-order valence-electron chi connectivity index (χ0n) is 31.0. The number of hydrogen-bond donors (Lipinski definition) is 0. The third-order valence-corrected chi connectivity index (χ3v) is 15.1. The Bertz CT molecular complexity index is 1800. The van der Waals surface area contributed by atoms with E-state index < -0.39 is 40.9 Å². The highest BCUT2D eigenvalue weighted by Gasteiger charge is 2.84. The van der Waals surface area contributed by atoms with Crippen molar-refractivity contribution in [3.63, 3.8) is 0 Å². The number of methoxy groups -OCH3 is 1. The lowest BCUT2D eigenvalue weighted by molar-refractivity contribution is -0.433. The molecule has 3 saturated heterocycles. The Morgan fingerprint density at radius 1 is 0.980 bits per heavy atom. The van der Waals surface area contributed by atoms with Gasteiger partial charge >= 0.3 is 18.1 Å². The molecule has 1 spiro atoms. The Balaban J connectivity index is 1.06. The van der Waals surface area contributed by atoms with Crippen LogP contribution in [0.4, 0.5) is 4.79 Å². The predicted octanol–water partition coefficient (Wildman–Crippen LogP) is 7.58. The number of hydrogen-bond acceptors (Lipinski definition) is 9. The van der Waals surface area contributed by atoms with Crippen LogP contribution in [0.3, 0.4) is 0 Å². The highest BCUT2D eigenvalue weighted by atomic mass is 16.7. The number of carbonyl (C=O) groups is 3. The summed E-state index contributed by atoms with van der Waals surface area (Å²) in [5, 5.41) is 2.23. The van der Waals surface area contributed by atoms with E-state index >= 15 is 0 Å². The standard InChI is InChI=1S/C42H52O9/c1-24-18-30(36(44)46-7)40(6)35-34(50-26(3)43)39(5)31-15-17-41(23-47-22-33(41)38(31,4)16-14-32(39)42(40,20-24)51-35)25(2)49-37(45)48-21-27-12-13-28-10-8-9-11-29(28)19-27/h8-13,18-19,24-25,31-35H,14-17,20-23H2,1-7H3/t24?,25?,31?,32?,33-,34+,35-,38+,39+,40+,41-,42+/m0/s1. The Hall–Kier alpha value is -3.43. The molecule has 2 aromatic carbocycles. The van der Waals surface area contributed by atoms with Crippen LogP contribution in [0.2, 0.25) is 0 Å². The molecule has 2 aromatic rings. The summed E-state index contributed by atoms with van der Waals surface area (Å²) in [7, 11) is 1.43. The molecule has 0 aromatic heterocycles. The molecule has 8 rings (SSSR count). The Kier molecular flexibility index (Phi) is 8.01. The van der Waals surface area contributed by atoms with Gasteiger partial charge in [-0.3, -0.25) is 4.79 Å². The van der Waals surface area contributed by atoms with Crippen molar-refractivity contribution in [2.45, 2.75) is 104 Å². The van der Waals surface area contributed by atoms with Gasteiger partial charge in [0.15, 0.2) is 0 Å². The molecule has 2 bridgehead atoms. The Morgan fingerprint density at radius 3 is 2.47 bits per heavy atom. The lowest BCUT2D eigenvalue weighted by Crippen LogP contribution is -2.87. The number of carbonyl (C=O) groups excluding carboxylic acids is 3. The van der Waals surface area contributed by atoms with Gasteiger partial charge in [-0.15, -0.1) is 0 Å². The minimum Gasteiger partial charge on any atom is -0.466 e. The third kappa shape index (κ3) is 4.62. The van der Waals surface area contributed by atoms with E-state index in [9.17, 15) is 14.4 Å². The fourth-order valence-electron chi connectivity index (χ4n) is 12.9. The molecule has 6 aliphatic rings. The van der Waals surface area contributed by atoms with Crippen LogP contribution in [0.5, 0.6) is 0 Å². The summed E-state index contributed by atoms with van der Waals surface area (Å²) in [6.07, 6.45) is 4.24. The monoisotopic (exact) mass is 700 g/mol. The van der Waals surface area contributed by atoms with Gasteiger partial charge in [0.1, 0.15) is 24.9 Å². The van der Waals surface area contributed by atoms with E-state index in [4.69, 9.17) is 28.4 Å². The van der Waals surface area contributed by atoms with Crippen molar-refractivity contribution in [2.75, 3.05) is 20.3 Å². The van der Waals surface area contributed by atoms with E-state index in [1.54, 1.807) is 0 Å². The van der Waals surface area contributed by atoms with E-state index in [1.165, 1.54) is 14.0 Å². The van der Waals surface area contributed by atoms with E-state index in [-0.39, 0.29) is 53.0 Å². The van der Waals surface area contributed by atoms with Crippen molar-refractivity contribution >= 4 is 28.9 Å². The number of esters is 2. The molecule has 0 N–H and O–H groups in total. The quantitative estimate of drug-likeness (QED) is 0.223. The number of allylic oxidation sites excluding steroid dienone is 1. The number of rotatable bonds is 6. The first-order valence-corrected chi connectivity index (χ1v) is 18.8. The van der Waals surface area contributed by atoms with Gasteiger partial charge in [0.25, 0.3) is 0 Å². The van der Waals surface area contributed by atoms with Crippen LogP contribution in [0, 0.1) is 45.3 Å². The molecule has 4 unspecified atom stereocenters. The third-order valence-electron chi connectivity index (χ3n) is 15.1. The van der Waals surface area contributed by atoms with E-state index in [2.05, 4.69) is 39.8 Å². The summed E-state index contributed by atoms with van der Waals surface area (Å²) >= 11 is 0. The lowest BCUT2D eigenvalue weighted by atomic mass is 9.31. The first kappa shape index (κ1) is 34.6. The van der Waals surface area contributed by atoms with Gasteiger partial charge in [-0.25, -0.2) is 9.59 Å². The van der Waals surface area contributed by atoms with Crippen LogP contribution < -0.4 is 0 Å². The molecule has 51 heavy (non-hydrogen) atoms. The first-order valence-electron chi connectivity index (χ1n) is 18.8. The molecular formula is C42H52O9. The number of ether oxygens (including phenoxy) is 6. The van der Waals surface area contributed by atoms with Crippen LogP contribution >= 0.6 is 0 Å². The summed E-state index contributed by atoms with van der Waals surface area (Å²) in [6, 6.07) is 14.2. The Morgan fingerprint density at radius 2 is 1.73 bits per heavy atom. The van der Waals surface area contributed by atoms with Crippen molar-refractivity contribution in [1.29, 1.82) is 0 Å². The first-order chi connectivity index (χ1) is 24.2. The van der Waals surface area contributed by atoms with Crippen LogP contribution in [-0.2, 0) is 44.6 Å². The molecule has 3 aliphatic heterocycles. The highest BCUT2D eigenvalue weighted by Crippen LogP contribution is 2.79. The Labute approximate surface area is 300 Å². The van der Waals surface area contributed by atoms with E-state index in [0.717, 1.165) is 48.4 Å². The fourth-order valence-corrected chi connectivity index (χ4v) is 12.9. The number of fused-ring (bicyclic) bond motifs is 8. The minimum absolute atomic E-state index is 0.0619. The second kappa shape index (κ2) is 11.8. The molecule has 5 fully saturated rings. The SMILES string of the molecule is COC(=O)C1=CC(C)C[C@@]23O[C@@H]([C@@H](OC(C)=O)[C@]4(C)C5CC[C@@]6(C(C)OC(=O)OCc7ccc8ccccc8c7)COC[C@H]6[C@]5(C)CCC42)[C@@]13C. The summed E-state index contributed by atoms with van der Waals surface area (Å²) in [6.45, 7) is 13.7. The van der Waals surface area contributed by atoms with Crippen molar-refractivity contribution in [3.05, 3.63) is 59.7 Å². The van der Waals surface area contributed by atoms with Crippen molar-refractivity contribution in [2.24, 2.45) is 45.3 Å². The second-order valence-corrected chi connectivity index (χ2v) is 17.2. The largest absolute Gasteiger partial charge is 0.508 e. The summed E-state index contributed by atoms with van der Waals surface area (Å²) in [5.74, 6) is -0.158. The average molecular weight is 701 g/mol. The van der Waals surface area contributed by atoms with Crippen LogP contribution in [0.1, 0.15) is 79.2 Å². The maximum absolute atomic E-state index is 13.3. The van der Waals surface area contributed by atoms with Gasteiger partial charge in [0.05, 0.1) is 31.3 Å². The van der Waals surface area contributed by atoms with Crippen LogP contribution in [-0.4, -0.2) is 62.3 Å². The maximum atomic E-state index is 13.3. The van der Waals surface area contributed by atoms with Gasteiger partial charge in [-0.1, -0.05) is 63.2 Å². The predicted molar refractivity (Wildman–Crippen MR) is 188 cm³/mol. The topological polar surface area (TPSA) is 107 Å². The molecule has 9 heteroatoms. The molecule has 0 radical (unpaired) electrons. The lowest BCUT2D eigenvalue weighted by Gasteiger charge is -2.80. The van der Waals surface area contributed by atoms with Gasteiger partial charge in [0.2, 0.25) is 0 Å². The van der Waals surface area contributed by atoms with Gasteiger partial charge < -0.3 is 28.4 Å². The highest BCUT2D eigenvalue weighted by molar-refractivity contribution is 5.91. The summed E-state index contributed by atoms with van der Waals surface area (Å²) in [4.78, 5) is 39.4. The fraction of sp³-hybridized carbons (Fsp3) is 0.643. The normalized spacial score (nSPS) is 42.5. The van der Waals surface area contributed by atoms with E-state index in [1.807, 2.05) is 43.3 Å². The zero-order valence-corrected chi connectivity index (χ0v) is 31.0. The van der Waals surface area contributed by atoms with Crippen molar-refractivity contribution in [3.8, 4) is 0 Å². The van der Waals surface area contributed by atoms with Crippen LogP contribution in [0.15, 0.2) is 54.1 Å². The van der Waals surface area contributed by atoms with Gasteiger partial charge in [0, 0.05) is 23.3 Å². The smallest absolute Gasteiger partial charge is 0.466 e. The molecular weight excluding hydrogens is 648 g/mol. The van der Waals surface area contributed by atoms with Gasteiger partial charge in [-0.2, -0.15) is 0 Å². The number of benzene rings is 2. The van der Waals surface area contributed by atoms with E-state index in [0.29, 0.717) is 18.8 Å². The molecule has 0 amide bonds. The second-order valence-electron chi connectivity index (χ2n) is 17.2. The molecule has 12 atom stereocenters. The summed E-state index contributed by atoms with van der Waals surface area (Å²) in [5.41, 5.74) is -0.583. The molecule has 3 heterocycles. The zero-order chi connectivity index (χ0) is 36.1. The molecule has 274 valence electrons. The molecule has 3 aliphatic carbocycles.